The van der Waals surface area contributed by atoms with Crippen molar-refractivity contribution in [2.75, 3.05) is 18.4 Å². The number of benzene rings is 1. The molecule has 5 rings (SSSR count). The third kappa shape index (κ3) is 4.44. The number of nitrogens with zero attached hydrogens (tertiary/aromatic N) is 5. The van der Waals surface area contributed by atoms with Crippen LogP contribution in [0.2, 0.25) is 0 Å². The zero-order valence-electron chi connectivity index (χ0n) is 18.7. The first-order chi connectivity index (χ1) is 16.5. The van der Waals surface area contributed by atoms with E-state index in [1.54, 1.807) is 29.4 Å². The Morgan fingerprint density at radius 2 is 1.88 bits per heavy atom. The highest BCUT2D eigenvalue weighted by molar-refractivity contribution is 7.18. The molecule has 172 valence electrons. The second-order valence-electron chi connectivity index (χ2n) is 8.18. The average molecular weight is 474 g/mol. The molecule has 0 saturated carbocycles. The van der Waals surface area contributed by atoms with Gasteiger partial charge in [-0.15, -0.1) is 11.3 Å². The molecule has 1 aliphatic rings. The second-order valence-corrected chi connectivity index (χ2v) is 9.38. The zero-order chi connectivity index (χ0) is 23.7. The first-order valence-corrected chi connectivity index (χ1v) is 11.8. The quantitative estimate of drug-likeness (QED) is 0.442. The van der Waals surface area contributed by atoms with Gasteiger partial charge in [-0.25, -0.2) is 9.97 Å². The van der Waals surface area contributed by atoms with E-state index in [2.05, 4.69) is 30.6 Å². The number of aryl methyl sites for hydroxylation is 1. The fourth-order valence-corrected chi connectivity index (χ4v) is 4.63. The lowest BCUT2D eigenvalue weighted by Gasteiger charge is -2.39. The smallest absolute Gasteiger partial charge is 0.274 e. The van der Waals surface area contributed by atoms with Gasteiger partial charge in [-0.3, -0.25) is 14.6 Å². The molecule has 4 aromatic rings. The van der Waals surface area contributed by atoms with Crippen molar-refractivity contribution in [1.29, 1.82) is 0 Å². The van der Waals surface area contributed by atoms with Crippen molar-refractivity contribution in [1.82, 2.24) is 30.2 Å². The van der Waals surface area contributed by atoms with Crippen molar-refractivity contribution in [3.05, 3.63) is 76.7 Å². The molecule has 10 heteroatoms. The Bertz CT molecular complexity index is 1340. The third-order valence-electron chi connectivity index (χ3n) is 5.63. The number of hydrogen-bond donors (Lipinski definition) is 2. The number of likely N-dealkylation sites (tertiary alicyclic amines) is 1. The van der Waals surface area contributed by atoms with Crippen LogP contribution in [-0.2, 0) is 0 Å². The SMILES string of the molecule is Cc1nc2nc(NC(C)c3cccnc3)nc(C(=O)N3CC(NC(=O)c4ccccc4)C3)c2s1. The van der Waals surface area contributed by atoms with E-state index >= 15 is 0 Å². The number of amides is 2. The summed E-state index contributed by atoms with van der Waals surface area (Å²) in [5, 5.41) is 7.04. The average Bonchev–Trinajstić information content (AvgIpc) is 3.21. The number of pyridine rings is 1. The maximum Gasteiger partial charge on any atom is 0.274 e. The van der Waals surface area contributed by atoms with Gasteiger partial charge in [0.1, 0.15) is 4.70 Å². The summed E-state index contributed by atoms with van der Waals surface area (Å²) in [5.74, 6) is 0.00128. The monoisotopic (exact) mass is 473 g/mol. The minimum absolute atomic E-state index is 0.0969. The summed E-state index contributed by atoms with van der Waals surface area (Å²) in [5.41, 5.74) is 2.40. The maximum atomic E-state index is 13.3. The Kier molecular flexibility index (Phi) is 5.89. The molecule has 34 heavy (non-hydrogen) atoms. The molecule has 0 radical (unpaired) electrons. The molecule has 0 bridgehead atoms. The number of thiazole rings is 1. The summed E-state index contributed by atoms with van der Waals surface area (Å²) in [6, 6.07) is 12.7. The van der Waals surface area contributed by atoms with E-state index in [9.17, 15) is 9.59 Å². The molecular weight excluding hydrogens is 450 g/mol. The predicted octanol–water partition coefficient (Wildman–Crippen LogP) is 3.22. The normalized spacial score (nSPS) is 14.5. The van der Waals surface area contributed by atoms with Crippen LogP contribution in [0.25, 0.3) is 10.3 Å². The number of rotatable bonds is 6. The summed E-state index contributed by atoms with van der Waals surface area (Å²) < 4.78 is 0.666. The van der Waals surface area contributed by atoms with Crippen LogP contribution in [0.3, 0.4) is 0 Å². The lowest BCUT2D eigenvalue weighted by molar-refractivity contribution is 0.0539. The Balaban J connectivity index is 1.32. The highest BCUT2D eigenvalue weighted by atomic mass is 32.1. The zero-order valence-corrected chi connectivity index (χ0v) is 19.5. The molecule has 1 atom stereocenters. The predicted molar refractivity (Wildman–Crippen MR) is 130 cm³/mol. The molecule has 0 spiro atoms. The molecule has 1 saturated heterocycles. The number of carbonyl (C=O) groups is 2. The molecule has 2 amide bonds. The highest BCUT2D eigenvalue weighted by Gasteiger charge is 2.34. The van der Waals surface area contributed by atoms with Crippen LogP contribution in [0.4, 0.5) is 5.95 Å². The fraction of sp³-hybridized carbons (Fsp3) is 0.250. The van der Waals surface area contributed by atoms with E-state index in [0.29, 0.717) is 40.6 Å². The second kappa shape index (κ2) is 9.14. The lowest BCUT2D eigenvalue weighted by Crippen LogP contribution is -2.61. The standard InChI is InChI=1S/C24H23N7O2S/c1-14(17-9-6-10-25-11-17)26-24-29-19(20-21(30-24)27-15(2)34-20)23(33)31-12-18(13-31)28-22(32)16-7-4-3-5-8-16/h3-11,14,18H,12-13H2,1-2H3,(H,28,32)(H,26,29,30). The molecule has 2 N–H and O–H groups in total. The molecule has 1 unspecified atom stereocenters. The van der Waals surface area contributed by atoms with Gasteiger partial charge in [0.05, 0.1) is 17.1 Å². The van der Waals surface area contributed by atoms with Crippen molar-refractivity contribution >= 4 is 39.4 Å². The molecule has 9 nitrogen and oxygen atoms in total. The van der Waals surface area contributed by atoms with Gasteiger partial charge in [-0.2, -0.15) is 4.98 Å². The van der Waals surface area contributed by atoms with Gasteiger partial charge < -0.3 is 15.5 Å². The van der Waals surface area contributed by atoms with Crippen LogP contribution in [-0.4, -0.2) is 55.8 Å². The fourth-order valence-electron chi connectivity index (χ4n) is 3.79. The van der Waals surface area contributed by atoms with E-state index in [1.165, 1.54) is 11.3 Å². The molecule has 1 aromatic carbocycles. The third-order valence-corrected chi connectivity index (χ3v) is 6.60. The summed E-state index contributed by atoms with van der Waals surface area (Å²) in [4.78, 5) is 45.1. The summed E-state index contributed by atoms with van der Waals surface area (Å²) in [6.07, 6.45) is 3.50. The van der Waals surface area contributed by atoms with Gasteiger partial charge in [-0.1, -0.05) is 24.3 Å². The summed E-state index contributed by atoms with van der Waals surface area (Å²) >= 11 is 1.40. The summed E-state index contributed by atoms with van der Waals surface area (Å²) in [7, 11) is 0. The number of nitrogens with one attached hydrogen (secondary N) is 2. The lowest BCUT2D eigenvalue weighted by atomic mass is 10.1. The molecule has 0 aliphatic carbocycles. The van der Waals surface area contributed by atoms with Crippen molar-refractivity contribution in [3.63, 3.8) is 0 Å². The maximum absolute atomic E-state index is 13.3. The number of hydrogen-bond acceptors (Lipinski definition) is 8. The molecule has 1 fully saturated rings. The minimum Gasteiger partial charge on any atom is -0.348 e. The van der Waals surface area contributed by atoms with Crippen LogP contribution >= 0.6 is 11.3 Å². The number of aromatic nitrogens is 4. The van der Waals surface area contributed by atoms with Crippen molar-refractivity contribution in [2.45, 2.75) is 25.9 Å². The first kappa shape index (κ1) is 21.9. The molecule has 1 aliphatic heterocycles. The van der Waals surface area contributed by atoms with E-state index < -0.39 is 0 Å². The van der Waals surface area contributed by atoms with Gasteiger partial charge in [-0.05, 0) is 37.6 Å². The van der Waals surface area contributed by atoms with Crippen LogP contribution in [0.1, 0.15) is 44.4 Å². The molecular formula is C24H23N7O2S. The van der Waals surface area contributed by atoms with Crippen molar-refractivity contribution < 1.29 is 9.59 Å². The van der Waals surface area contributed by atoms with Gasteiger partial charge in [0, 0.05) is 31.0 Å². The number of fused-ring (bicyclic) bond motifs is 1. The van der Waals surface area contributed by atoms with Crippen molar-refractivity contribution in [2.24, 2.45) is 0 Å². The molecule has 3 aromatic heterocycles. The van der Waals surface area contributed by atoms with Gasteiger partial charge >= 0.3 is 0 Å². The van der Waals surface area contributed by atoms with E-state index in [1.807, 2.05) is 44.2 Å². The van der Waals surface area contributed by atoms with E-state index in [0.717, 1.165) is 10.6 Å². The van der Waals surface area contributed by atoms with Crippen LogP contribution in [0, 0.1) is 6.92 Å². The van der Waals surface area contributed by atoms with Crippen LogP contribution < -0.4 is 10.6 Å². The largest absolute Gasteiger partial charge is 0.348 e. The number of carbonyl (C=O) groups excluding carboxylic acids is 2. The van der Waals surface area contributed by atoms with Crippen LogP contribution in [0.15, 0.2) is 54.9 Å². The van der Waals surface area contributed by atoms with E-state index in [4.69, 9.17) is 0 Å². The topological polar surface area (TPSA) is 113 Å². The van der Waals surface area contributed by atoms with Gasteiger partial charge in [0.15, 0.2) is 11.3 Å². The first-order valence-electron chi connectivity index (χ1n) is 10.9. The highest BCUT2D eigenvalue weighted by Crippen LogP contribution is 2.27. The Hall–Kier alpha value is -3.92. The van der Waals surface area contributed by atoms with Gasteiger partial charge in [0.25, 0.3) is 11.8 Å². The molecule has 4 heterocycles. The van der Waals surface area contributed by atoms with E-state index in [-0.39, 0.29) is 23.9 Å². The van der Waals surface area contributed by atoms with Crippen molar-refractivity contribution in [3.8, 4) is 0 Å². The van der Waals surface area contributed by atoms with Gasteiger partial charge in [0.2, 0.25) is 5.95 Å². The van der Waals surface area contributed by atoms with Crippen LogP contribution in [0.5, 0.6) is 0 Å². The number of anilines is 1. The minimum atomic E-state index is -0.196. The Labute approximate surface area is 200 Å². The Morgan fingerprint density at radius 3 is 2.62 bits per heavy atom. The summed E-state index contributed by atoms with van der Waals surface area (Å²) in [6.45, 7) is 4.71. The Morgan fingerprint density at radius 1 is 1.09 bits per heavy atom.